The summed E-state index contributed by atoms with van der Waals surface area (Å²) in [4.78, 5) is 12.0. The Hall–Kier alpha value is -1.47. The number of hydrazine groups is 1. The highest BCUT2D eigenvalue weighted by molar-refractivity contribution is 5.91. The minimum Gasteiger partial charge on any atom is -0.312 e. The molecule has 2 fully saturated rings. The largest absolute Gasteiger partial charge is 0.312 e. The second-order valence-electron chi connectivity index (χ2n) is 4.88. The van der Waals surface area contributed by atoms with E-state index in [2.05, 4.69) is 21.1 Å². The van der Waals surface area contributed by atoms with Gasteiger partial charge in [0, 0.05) is 26.2 Å². The average Bonchev–Trinajstić information content (AvgIpc) is 2.77. The van der Waals surface area contributed by atoms with Gasteiger partial charge in [-0.3, -0.25) is 10.2 Å². The number of hydrogen-bond acceptors (Lipinski definition) is 5. The third kappa shape index (κ3) is 2.37. The van der Waals surface area contributed by atoms with E-state index in [-0.39, 0.29) is 5.91 Å². The zero-order valence-electron chi connectivity index (χ0n) is 10.3. The van der Waals surface area contributed by atoms with E-state index in [1.165, 1.54) is 6.42 Å². The van der Waals surface area contributed by atoms with Gasteiger partial charge in [-0.25, -0.2) is 9.69 Å². The fraction of sp³-hybridized carbons (Fsp3) is 0.727. The molecule has 0 unspecified atom stereocenters. The molecule has 3 rings (SSSR count). The fourth-order valence-corrected chi connectivity index (χ4v) is 2.23. The number of nitrogens with zero attached hydrogens (tertiary/aromatic N) is 4. The number of hydrogen-bond donors (Lipinski definition) is 2. The van der Waals surface area contributed by atoms with Gasteiger partial charge in [0.05, 0.1) is 12.2 Å². The molecule has 0 atom stereocenters. The number of nitrogens with one attached hydrogen (secondary N) is 2. The van der Waals surface area contributed by atoms with Crippen LogP contribution in [0.2, 0.25) is 0 Å². The van der Waals surface area contributed by atoms with Crippen LogP contribution in [0.15, 0.2) is 6.20 Å². The highest BCUT2D eigenvalue weighted by Crippen LogP contribution is 2.10. The van der Waals surface area contributed by atoms with Crippen LogP contribution in [-0.2, 0) is 0 Å². The van der Waals surface area contributed by atoms with Crippen LogP contribution in [0.25, 0.3) is 0 Å². The third-order valence-corrected chi connectivity index (χ3v) is 3.49. The Bertz CT molecular complexity index is 421. The molecule has 2 aliphatic rings. The van der Waals surface area contributed by atoms with E-state index >= 15 is 0 Å². The van der Waals surface area contributed by atoms with Gasteiger partial charge < -0.3 is 5.32 Å². The Morgan fingerprint density at radius 1 is 1.33 bits per heavy atom. The van der Waals surface area contributed by atoms with Crippen LogP contribution in [0, 0.1) is 0 Å². The molecule has 0 saturated carbocycles. The molecule has 1 aromatic rings. The molecule has 2 N–H and O–H groups in total. The second kappa shape index (κ2) is 5.03. The zero-order chi connectivity index (χ0) is 12.4. The molecule has 3 heterocycles. The lowest BCUT2D eigenvalue weighted by Crippen LogP contribution is -2.45. The van der Waals surface area contributed by atoms with Crippen LogP contribution < -0.4 is 10.7 Å². The predicted molar refractivity (Wildman–Crippen MR) is 64.8 cm³/mol. The van der Waals surface area contributed by atoms with Gasteiger partial charge in [0.25, 0.3) is 5.91 Å². The number of amides is 1. The summed E-state index contributed by atoms with van der Waals surface area (Å²) in [5.41, 5.74) is 3.28. The fourth-order valence-electron chi connectivity index (χ4n) is 2.23. The van der Waals surface area contributed by atoms with Gasteiger partial charge in [0.15, 0.2) is 5.69 Å². The Morgan fingerprint density at radius 2 is 2.11 bits per heavy atom. The summed E-state index contributed by atoms with van der Waals surface area (Å²) in [5, 5.41) is 13.1. The molecule has 0 aromatic carbocycles. The van der Waals surface area contributed by atoms with Crippen molar-refractivity contribution < 1.29 is 4.79 Å². The monoisotopic (exact) mass is 250 g/mol. The summed E-state index contributed by atoms with van der Waals surface area (Å²) >= 11 is 0. The van der Waals surface area contributed by atoms with Crippen molar-refractivity contribution in [1.29, 1.82) is 0 Å². The number of aromatic nitrogens is 3. The summed E-state index contributed by atoms with van der Waals surface area (Å²) in [6.45, 7) is 3.64. The minimum absolute atomic E-state index is 0.157. The van der Waals surface area contributed by atoms with Crippen LogP contribution in [0.4, 0.5) is 0 Å². The van der Waals surface area contributed by atoms with Crippen molar-refractivity contribution in [1.82, 2.24) is 30.7 Å². The summed E-state index contributed by atoms with van der Waals surface area (Å²) in [6, 6.07) is 0.342. The molecular weight excluding hydrogens is 232 g/mol. The van der Waals surface area contributed by atoms with E-state index in [4.69, 9.17) is 0 Å². The van der Waals surface area contributed by atoms with E-state index in [0.717, 1.165) is 39.0 Å². The average molecular weight is 250 g/mol. The lowest BCUT2D eigenvalue weighted by atomic mass is 10.2. The molecule has 7 nitrogen and oxygen atoms in total. The van der Waals surface area contributed by atoms with Crippen LogP contribution in [0.1, 0.15) is 35.8 Å². The van der Waals surface area contributed by atoms with Crippen molar-refractivity contribution in [3.05, 3.63) is 11.9 Å². The molecule has 7 heteroatoms. The summed E-state index contributed by atoms with van der Waals surface area (Å²) < 4.78 is 1.77. The first-order valence-corrected chi connectivity index (χ1v) is 6.51. The molecule has 0 bridgehead atoms. The molecule has 2 aliphatic heterocycles. The van der Waals surface area contributed by atoms with Gasteiger partial charge >= 0.3 is 0 Å². The SMILES string of the molecule is O=C(NN1CCCCC1)c1cn(C2CNC2)nn1. The van der Waals surface area contributed by atoms with Crippen LogP contribution >= 0.6 is 0 Å². The second-order valence-corrected chi connectivity index (χ2v) is 4.88. The molecule has 98 valence electrons. The quantitative estimate of drug-likeness (QED) is 0.760. The molecule has 0 spiro atoms. The summed E-state index contributed by atoms with van der Waals surface area (Å²) in [5.74, 6) is -0.157. The van der Waals surface area contributed by atoms with Crippen molar-refractivity contribution in [2.45, 2.75) is 25.3 Å². The van der Waals surface area contributed by atoms with Gasteiger partial charge in [-0.05, 0) is 12.8 Å². The first kappa shape index (κ1) is 11.6. The third-order valence-electron chi connectivity index (χ3n) is 3.49. The van der Waals surface area contributed by atoms with Crippen LogP contribution in [-0.4, -0.2) is 52.1 Å². The maximum Gasteiger partial charge on any atom is 0.287 e. The molecule has 1 amide bonds. The maximum absolute atomic E-state index is 12.0. The molecular formula is C11H18N6O. The van der Waals surface area contributed by atoms with E-state index in [1.807, 2.05) is 5.01 Å². The Kier molecular flexibility index (Phi) is 3.24. The Morgan fingerprint density at radius 3 is 2.78 bits per heavy atom. The normalized spacial score (nSPS) is 21.6. The molecule has 18 heavy (non-hydrogen) atoms. The van der Waals surface area contributed by atoms with E-state index in [1.54, 1.807) is 10.9 Å². The Balaban J connectivity index is 1.59. The van der Waals surface area contributed by atoms with E-state index < -0.39 is 0 Å². The highest BCUT2D eigenvalue weighted by atomic mass is 16.2. The minimum atomic E-state index is -0.157. The Labute approximate surface area is 105 Å². The van der Waals surface area contributed by atoms with Crippen molar-refractivity contribution in [2.75, 3.05) is 26.2 Å². The van der Waals surface area contributed by atoms with E-state index in [9.17, 15) is 4.79 Å². The standard InChI is InChI=1S/C11H18N6O/c18-11(14-16-4-2-1-3-5-16)10-8-17(15-13-10)9-6-12-7-9/h8-9,12H,1-7H2,(H,14,18). The molecule has 1 aromatic heterocycles. The molecule has 0 radical (unpaired) electrons. The highest BCUT2D eigenvalue weighted by Gasteiger charge is 2.22. The zero-order valence-corrected chi connectivity index (χ0v) is 10.3. The van der Waals surface area contributed by atoms with Crippen LogP contribution in [0.5, 0.6) is 0 Å². The van der Waals surface area contributed by atoms with E-state index in [0.29, 0.717) is 11.7 Å². The van der Waals surface area contributed by atoms with Crippen molar-refractivity contribution >= 4 is 5.91 Å². The molecule has 0 aliphatic carbocycles. The lowest BCUT2D eigenvalue weighted by molar-refractivity contribution is 0.0744. The first-order chi connectivity index (χ1) is 8.83. The van der Waals surface area contributed by atoms with Gasteiger partial charge in [0.1, 0.15) is 0 Å². The smallest absolute Gasteiger partial charge is 0.287 e. The number of rotatable bonds is 3. The number of piperidine rings is 1. The van der Waals surface area contributed by atoms with Crippen molar-refractivity contribution in [3.63, 3.8) is 0 Å². The topological polar surface area (TPSA) is 75.1 Å². The molecule has 2 saturated heterocycles. The van der Waals surface area contributed by atoms with Gasteiger partial charge in [-0.1, -0.05) is 11.6 Å². The number of carbonyl (C=O) groups is 1. The number of carbonyl (C=O) groups excluding carboxylic acids is 1. The summed E-state index contributed by atoms with van der Waals surface area (Å²) in [6.07, 6.45) is 5.25. The lowest BCUT2D eigenvalue weighted by Gasteiger charge is -2.26. The van der Waals surface area contributed by atoms with Crippen LogP contribution in [0.3, 0.4) is 0 Å². The van der Waals surface area contributed by atoms with Gasteiger partial charge in [-0.2, -0.15) is 0 Å². The van der Waals surface area contributed by atoms with Crippen molar-refractivity contribution in [3.8, 4) is 0 Å². The predicted octanol–water partition coefficient (Wildman–Crippen LogP) is -0.447. The maximum atomic E-state index is 12.0. The van der Waals surface area contributed by atoms with Crippen molar-refractivity contribution in [2.24, 2.45) is 0 Å². The first-order valence-electron chi connectivity index (χ1n) is 6.51. The van der Waals surface area contributed by atoms with Gasteiger partial charge in [0.2, 0.25) is 0 Å². The van der Waals surface area contributed by atoms with Gasteiger partial charge in [-0.15, -0.1) is 5.10 Å². The summed E-state index contributed by atoms with van der Waals surface area (Å²) in [7, 11) is 0.